The van der Waals surface area contributed by atoms with Crippen molar-refractivity contribution in [3.8, 4) is 28.7 Å². The maximum atomic E-state index is 9.57. The first-order chi connectivity index (χ1) is 11.3. The molecule has 0 aliphatic carbocycles. The number of thiocarbonyl (C=S) groups is 1. The fourth-order valence-electron chi connectivity index (χ4n) is 2.07. The van der Waals surface area contributed by atoms with Crippen LogP contribution in [-0.2, 0) is 6.54 Å². The molecule has 0 aliphatic rings. The van der Waals surface area contributed by atoms with Gasteiger partial charge in [-0.2, -0.15) is 0 Å². The minimum Gasteiger partial charge on any atom is -0.504 e. The number of rotatable bonds is 4. The number of nitrogens with one attached hydrogen (secondary N) is 1. The Bertz CT molecular complexity index is 771. The smallest absolute Gasteiger partial charge is 0.200 e. The third kappa shape index (κ3) is 4.08. The molecule has 0 bridgehead atoms. The second-order valence-electron chi connectivity index (χ2n) is 5.24. The molecule has 0 heterocycles. The van der Waals surface area contributed by atoms with Crippen LogP contribution in [0, 0.1) is 6.92 Å². The van der Waals surface area contributed by atoms with Gasteiger partial charge in [-0.1, -0.05) is 18.3 Å². The van der Waals surface area contributed by atoms with E-state index in [0.717, 1.165) is 0 Å². The van der Waals surface area contributed by atoms with Crippen LogP contribution in [0.1, 0.15) is 16.7 Å². The van der Waals surface area contributed by atoms with Gasteiger partial charge in [0.1, 0.15) is 0 Å². The number of aromatic hydroxyl groups is 5. The zero-order valence-electron chi connectivity index (χ0n) is 12.8. The Morgan fingerprint density at radius 1 is 0.958 bits per heavy atom. The largest absolute Gasteiger partial charge is 0.504 e. The average molecular weight is 347 g/mol. The van der Waals surface area contributed by atoms with Crippen LogP contribution in [0.3, 0.4) is 0 Å². The number of hydrogen-bond acceptors (Lipinski definition) is 6. The van der Waals surface area contributed by atoms with Gasteiger partial charge in [0.25, 0.3) is 0 Å². The van der Waals surface area contributed by atoms with Gasteiger partial charge < -0.3 is 30.8 Å². The standard InChI is InChI=1S/C17H17NO5S/c1-9-4-10(5-12(19)16(9)22)2-3-15(24)18-8-11-6-13(20)17(23)14(21)7-11/h2-7,19-23H,8H2,1H3,(H,18,24). The number of aryl methyl sites for hydroxylation is 1. The summed E-state index contributed by atoms with van der Waals surface area (Å²) in [5, 5.41) is 50.2. The molecule has 0 saturated heterocycles. The van der Waals surface area contributed by atoms with Crippen LogP contribution in [0.25, 0.3) is 6.08 Å². The summed E-state index contributed by atoms with van der Waals surface area (Å²) in [6.45, 7) is 1.91. The SMILES string of the molecule is Cc1cc(C=CC(=S)NCc2cc(O)c(O)c(O)c2)cc(O)c1O. The number of phenols is 5. The van der Waals surface area contributed by atoms with Gasteiger partial charge in [-0.3, -0.25) is 0 Å². The minimum absolute atomic E-state index is 0.153. The van der Waals surface area contributed by atoms with Crippen LogP contribution in [0.2, 0.25) is 0 Å². The molecule has 6 N–H and O–H groups in total. The molecular formula is C17H17NO5S. The molecule has 2 rings (SSSR count). The number of benzene rings is 2. The molecule has 2 aromatic carbocycles. The molecule has 0 radical (unpaired) electrons. The van der Waals surface area contributed by atoms with Crippen LogP contribution in [-0.4, -0.2) is 30.5 Å². The molecule has 2 aromatic rings. The highest BCUT2D eigenvalue weighted by Crippen LogP contribution is 2.35. The number of phenolic OH excluding ortho intramolecular Hbond substituents is 5. The first-order valence-corrected chi connectivity index (χ1v) is 7.41. The van der Waals surface area contributed by atoms with Crippen molar-refractivity contribution in [2.75, 3.05) is 0 Å². The van der Waals surface area contributed by atoms with E-state index in [9.17, 15) is 25.5 Å². The molecule has 0 aliphatic heterocycles. The van der Waals surface area contributed by atoms with E-state index in [1.807, 2.05) is 0 Å². The lowest BCUT2D eigenvalue weighted by Crippen LogP contribution is -2.18. The molecule has 0 saturated carbocycles. The van der Waals surface area contributed by atoms with Gasteiger partial charge in [0.15, 0.2) is 28.7 Å². The lowest BCUT2D eigenvalue weighted by Gasteiger charge is -2.08. The van der Waals surface area contributed by atoms with E-state index in [2.05, 4.69) is 5.32 Å². The molecule has 126 valence electrons. The Morgan fingerprint density at radius 2 is 1.54 bits per heavy atom. The summed E-state index contributed by atoms with van der Waals surface area (Å²) in [4.78, 5) is 0.396. The van der Waals surface area contributed by atoms with E-state index >= 15 is 0 Å². The van der Waals surface area contributed by atoms with E-state index in [0.29, 0.717) is 21.7 Å². The van der Waals surface area contributed by atoms with Crippen molar-refractivity contribution >= 4 is 23.3 Å². The van der Waals surface area contributed by atoms with Gasteiger partial charge in [0.05, 0.1) is 4.99 Å². The van der Waals surface area contributed by atoms with Crippen LogP contribution in [0.5, 0.6) is 28.7 Å². The van der Waals surface area contributed by atoms with Gasteiger partial charge in [0.2, 0.25) is 0 Å². The predicted molar refractivity (Wildman–Crippen MR) is 94.4 cm³/mol. The number of hydrogen-bond donors (Lipinski definition) is 6. The highest BCUT2D eigenvalue weighted by molar-refractivity contribution is 7.80. The summed E-state index contributed by atoms with van der Waals surface area (Å²) >= 11 is 5.15. The van der Waals surface area contributed by atoms with Gasteiger partial charge >= 0.3 is 0 Å². The maximum Gasteiger partial charge on any atom is 0.200 e. The fraction of sp³-hybridized carbons (Fsp3) is 0.118. The molecule has 0 aromatic heterocycles. The molecule has 7 heteroatoms. The van der Waals surface area contributed by atoms with E-state index < -0.39 is 17.2 Å². The monoisotopic (exact) mass is 347 g/mol. The maximum absolute atomic E-state index is 9.57. The van der Waals surface area contributed by atoms with Crippen LogP contribution >= 0.6 is 12.2 Å². The van der Waals surface area contributed by atoms with Gasteiger partial charge in [0, 0.05) is 6.54 Å². The van der Waals surface area contributed by atoms with Crippen molar-refractivity contribution in [1.29, 1.82) is 0 Å². The summed E-state index contributed by atoms with van der Waals surface area (Å²) < 4.78 is 0. The Hall–Kier alpha value is -2.93. The van der Waals surface area contributed by atoms with Crippen molar-refractivity contribution in [2.45, 2.75) is 13.5 Å². The van der Waals surface area contributed by atoms with Crippen molar-refractivity contribution in [3.63, 3.8) is 0 Å². The first kappa shape index (κ1) is 17.4. The molecular weight excluding hydrogens is 330 g/mol. The van der Waals surface area contributed by atoms with Crippen LogP contribution in [0.4, 0.5) is 0 Å². The summed E-state index contributed by atoms with van der Waals surface area (Å²) in [5.74, 6) is -1.75. The topological polar surface area (TPSA) is 113 Å². The Balaban J connectivity index is 2.01. The van der Waals surface area contributed by atoms with Gasteiger partial charge in [-0.25, -0.2) is 0 Å². The van der Waals surface area contributed by atoms with Crippen molar-refractivity contribution in [3.05, 3.63) is 47.0 Å². The molecule has 6 nitrogen and oxygen atoms in total. The lowest BCUT2D eigenvalue weighted by molar-refractivity contribution is 0.367. The van der Waals surface area contributed by atoms with Gasteiger partial charge in [-0.15, -0.1) is 0 Å². The minimum atomic E-state index is -0.566. The quantitative estimate of drug-likeness (QED) is 0.286. The second kappa shape index (κ2) is 7.10. The van der Waals surface area contributed by atoms with Crippen molar-refractivity contribution < 1.29 is 25.5 Å². The Kier molecular flexibility index (Phi) is 5.15. The Labute approximate surface area is 144 Å². The first-order valence-electron chi connectivity index (χ1n) is 7.00. The van der Waals surface area contributed by atoms with E-state index in [-0.39, 0.29) is 18.0 Å². The van der Waals surface area contributed by atoms with Gasteiger partial charge in [-0.05, 0) is 54.0 Å². The zero-order chi connectivity index (χ0) is 17.9. The lowest BCUT2D eigenvalue weighted by atomic mass is 10.1. The summed E-state index contributed by atoms with van der Waals surface area (Å²) in [6, 6.07) is 5.74. The average Bonchev–Trinajstić information content (AvgIpc) is 2.53. The zero-order valence-corrected chi connectivity index (χ0v) is 13.6. The van der Waals surface area contributed by atoms with Crippen LogP contribution < -0.4 is 5.32 Å². The second-order valence-corrected chi connectivity index (χ2v) is 5.68. The molecule has 24 heavy (non-hydrogen) atoms. The molecule has 0 spiro atoms. The third-order valence-electron chi connectivity index (χ3n) is 3.33. The predicted octanol–water partition coefficient (Wildman–Crippen LogP) is 2.65. The highest BCUT2D eigenvalue weighted by Gasteiger charge is 2.08. The molecule has 0 amide bonds. The van der Waals surface area contributed by atoms with Crippen LogP contribution in [0.15, 0.2) is 30.3 Å². The van der Waals surface area contributed by atoms with E-state index in [1.54, 1.807) is 25.1 Å². The summed E-state index contributed by atoms with van der Waals surface area (Å²) in [5.41, 5.74) is 1.76. The molecule has 0 unspecified atom stereocenters. The van der Waals surface area contributed by atoms with Crippen molar-refractivity contribution in [2.24, 2.45) is 0 Å². The van der Waals surface area contributed by atoms with Crippen molar-refractivity contribution in [1.82, 2.24) is 5.32 Å². The summed E-state index contributed by atoms with van der Waals surface area (Å²) in [7, 11) is 0. The normalized spacial score (nSPS) is 10.9. The third-order valence-corrected chi connectivity index (χ3v) is 3.61. The Morgan fingerprint density at radius 3 is 2.12 bits per heavy atom. The molecule has 0 fully saturated rings. The van der Waals surface area contributed by atoms with E-state index in [4.69, 9.17) is 12.2 Å². The molecule has 0 atom stereocenters. The summed E-state index contributed by atoms with van der Waals surface area (Å²) in [6.07, 6.45) is 3.29. The van der Waals surface area contributed by atoms with E-state index in [1.165, 1.54) is 18.2 Å². The highest BCUT2D eigenvalue weighted by atomic mass is 32.1. The fourth-order valence-corrected chi connectivity index (χ4v) is 2.21.